The molecule has 0 saturated heterocycles. The van der Waals surface area contributed by atoms with E-state index in [2.05, 4.69) is 15.3 Å². The monoisotopic (exact) mass is 471 g/mol. The number of Topliss-reactive ketones (excluding diaryl/α,β-unsaturated/α-hetero) is 1. The van der Waals surface area contributed by atoms with E-state index in [0.29, 0.717) is 16.3 Å². The molecule has 0 aliphatic heterocycles. The largest absolute Gasteiger partial charge is 0.485 e. The molecule has 2 heterocycles. The summed E-state index contributed by atoms with van der Waals surface area (Å²) in [6.07, 6.45) is -1.72. The fraction of sp³-hybridized carbons (Fsp3) is 0.130. The van der Waals surface area contributed by atoms with Gasteiger partial charge < -0.3 is 10.1 Å². The van der Waals surface area contributed by atoms with E-state index in [9.17, 15) is 22.8 Å². The summed E-state index contributed by atoms with van der Waals surface area (Å²) in [5.74, 6) is -0.424. The van der Waals surface area contributed by atoms with Crippen molar-refractivity contribution in [3.63, 3.8) is 0 Å². The first-order valence-electron chi connectivity index (χ1n) is 9.70. The molecule has 4 rings (SSSR count). The molecule has 0 unspecified atom stereocenters. The topological polar surface area (TPSA) is 81.2 Å². The normalized spacial score (nSPS) is 11.4. The Labute approximate surface area is 190 Å². The lowest BCUT2D eigenvalue weighted by molar-refractivity contribution is -0.136. The molecule has 4 aromatic rings. The summed E-state index contributed by atoms with van der Waals surface area (Å²) in [5.41, 5.74) is 0.172. The molecular weight excluding hydrogens is 455 g/mol. The van der Waals surface area contributed by atoms with Gasteiger partial charge in [0.25, 0.3) is 5.91 Å². The smallest absolute Gasteiger partial charge is 0.418 e. The van der Waals surface area contributed by atoms with E-state index in [-0.39, 0.29) is 41.4 Å². The zero-order valence-corrected chi connectivity index (χ0v) is 17.7. The van der Waals surface area contributed by atoms with Crippen LogP contribution >= 0.6 is 11.3 Å². The number of pyridine rings is 1. The number of carbonyl (C=O) groups excluding carboxylic acids is 2. The molecule has 1 N–H and O–H groups in total. The quantitative estimate of drug-likeness (QED) is 0.403. The Morgan fingerprint density at radius 2 is 1.79 bits per heavy atom. The van der Waals surface area contributed by atoms with Crippen molar-refractivity contribution in [2.75, 3.05) is 11.9 Å². The van der Waals surface area contributed by atoms with Gasteiger partial charge in [-0.1, -0.05) is 18.2 Å². The first-order chi connectivity index (χ1) is 15.8. The Balaban J connectivity index is 1.38. The van der Waals surface area contributed by atoms with Crippen molar-refractivity contribution >= 4 is 39.6 Å². The number of aromatic nitrogens is 2. The second kappa shape index (κ2) is 9.37. The molecule has 0 radical (unpaired) electrons. The summed E-state index contributed by atoms with van der Waals surface area (Å²) < 4.78 is 45.2. The van der Waals surface area contributed by atoms with Crippen LogP contribution in [0.25, 0.3) is 10.9 Å². The van der Waals surface area contributed by atoms with Crippen molar-refractivity contribution in [1.29, 1.82) is 0 Å². The molecular formula is C23H16F3N3O3S. The molecule has 0 aliphatic rings. The van der Waals surface area contributed by atoms with Gasteiger partial charge in [0.05, 0.1) is 11.1 Å². The highest BCUT2D eigenvalue weighted by molar-refractivity contribution is 7.11. The Morgan fingerprint density at radius 1 is 1.00 bits per heavy atom. The lowest BCUT2D eigenvalue weighted by atomic mass is 10.1. The van der Waals surface area contributed by atoms with Crippen LogP contribution in [0.15, 0.2) is 66.3 Å². The van der Waals surface area contributed by atoms with E-state index in [1.54, 1.807) is 35.8 Å². The SMILES string of the molecule is O=C(COc1ccnc2c(C(F)(F)F)cccc12)Cc1ccc(NC(=O)c2nccs2)cc1. The average molecular weight is 471 g/mol. The fourth-order valence-electron chi connectivity index (χ4n) is 3.17. The zero-order valence-electron chi connectivity index (χ0n) is 16.9. The van der Waals surface area contributed by atoms with Crippen molar-refractivity contribution in [3.05, 3.63) is 82.4 Å². The Kier molecular flexibility index (Phi) is 6.36. The Bertz CT molecular complexity index is 1290. The van der Waals surface area contributed by atoms with Gasteiger partial charge in [-0.3, -0.25) is 14.6 Å². The molecule has 10 heteroatoms. The summed E-state index contributed by atoms with van der Waals surface area (Å²) in [6, 6.07) is 11.9. The van der Waals surface area contributed by atoms with Crippen LogP contribution in [0.3, 0.4) is 0 Å². The minimum absolute atomic E-state index is 0.0670. The van der Waals surface area contributed by atoms with Crippen LogP contribution in [0.2, 0.25) is 0 Å². The lowest BCUT2D eigenvalue weighted by Crippen LogP contribution is -2.14. The van der Waals surface area contributed by atoms with Gasteiger partial charge in [0.2, 0.25) is 0 Å². The number of benzene rings is 2. The summed E-state index contributed by atoms with van der Waals surface area (Å²) in [6.45, 7) is -0.308. The van der Waals surface area contributed by atoms with Crippen LogP contribution in [0, 0.1) is 0 Å². The number of alkyl halides is 3. The van der Waals surface area contributed by atoms with E-state index in [1.165, 1.54) is 35.7 Å². The molecule has 2 aromatic heterocycles. The number of hydrogen-bond donors (Lipinski definition) is 1. The van der Waals surface area contributed by atoms with Gasteiger partial charge in [-0.25, -0.2) is 4.98 Å². The van der Waals surface area contributed by atoms with Crippen molar-refractivity contribution in [2.24, 2.45) is 0 Å². The average Bonchev–Trinajstić information content (AvgIpc) is 3.33. The standard InChI is InChI=1S/C23H16F3N3O3S/c24-23(25,26)18-3-1-2-17-19(8-9-27-20(17)18)32-13-16(30)12-14-4-6-15(7-5-14)29-21(31)22-28-10-11-33-22/h1-11H,12-13H2,(H,29,31). The van der Waals surface area contributed by atoms with Gasteiger partial charge >= 0.3 is 6.18 Å². The molecule has 0 fully saturated rings. The van der Waals surface area contributed by atoms with Crippen LogP contribution in [0.1, 0.15) is 20.9 Å². The first kappa shape index (κ1) is 22.4. The van der Waals surface area contributed by atoms with Crippen LogP contribution in [-0.2, 0) is 17.4 Å². The number of ether oxygens (including phenoxy) is 1. The van der Waals surface area contributed by atoms with Crippen molar-refractivity contribution in [1.82, 2.24) is 9.97 Å². The van der Waals surface area contributed by atoms with Gasteiger partial charge in [0.1, 0.15) is 12.4 Å². The number of anilines is 1. The summed E-state index contributed by atoms with van der Waals surface area (Å²) in [7, 11) is 0. The number of amides is 1. The van der Waals surface area contributed by atoms with Gasteiger partial charge in [-0.05, 0) is 35.9 Å². The zero-order chi connectivity index (χ0) is 23.4. The van der Waals surface area contributed by atoms with Gasteiger partial charge in [-0.15, -0.1) is 11.3 Å². The molecule has 0 bridgehead atoms. The van der Waals surface area contributed by atoms with Crippen molar-refractivity contribution in [2.45, 2.75) is 12.6 Å². The number of thiazole rings is 1. The number of para-hydroxylation sites is 1. The molecule has 0 atom stereocenters. The molecule has 2 aromatic carbocycles. The maximum atomic E-state index is 13.2. The van der Waals surface area contributed by atoms with E-state index < -0.39 is 11.7 Å². The minimum atomic E-state index is -4.55. The second-order valence-corrected chi connectivity index (χ2v) is 7.90. The molecule has 6 nitrogen and oxygen atoms in total. The highest BCUT2D eigenvalue weighted by Gasteiger charge is 2.33. The number of ketones is 1. The van der Waals surface area contributed by atoms with Crippen LogP contribution in [0.5, 0.6) is 5.75 Å². The maximum absolute atomic E-state index is 13.2. The molecule has 0 aliphatic carbocycles. The Morgan fingerprint density at radius 3 is 2.48 bits per heavy atom. The maximum Gasteiger partial charge on any atom is 0.418 e. The number of carbonyl (C=O) groups is 2. The highest BCUT2D eigenvalue weighted by atomic mass is 32.1. The second-order valence-electron chi connectivity index (χ2n) is 7.00. The third kappa shape index (κ3) is 5.35. The van der Waals surface area contributed by atoms with E-state index in [0.717, 1.165) is 6.07 Å². The van der Waals surface area contributed by atoms with Crippen molar-refractivity contribution in [3.8, 4) is 5.75 Å². The first-order valence-corrected chi connectivity index (χ1v) is 10.6. The molecule has 168 valence electrons. The lowest BCUT2D eigenvalue weighted by Gasteiger charge is -2.12. The van der Waals surface area contributed by atoms with Gasteiger partial charge in [0.15, 0.2) is 10.8 Å². The summed E-state index contributed by atoms with van der Waals surface area (Å²) in [4.78, 5) is 32.2. The van der Waals surface area contributed by atoms with E-state index in [1.807, 2.05) is 0 Å². The fourth-order valence-corrected chi connectivity index (χ4v) is 3.70. The van der Waals surface area contributed by atoms with Gasteiger partial charge in [0, 0.05) is 35.3 Å². The summed E-state index contributed by atoms with van der Waals surface area (Å²) in [5, 5.41) is 4.95. The minimum Gasteiger partial charge on any atom is -0.485 e. The third-order valence-electron chi connectivity index (χ3n) is 4.66. The molecule has 33 heavy (non-hydrogen) atoms. The molecule has 1 amide bonds. The number of nitrogens with zero attached hydrogens (tertiary/aromatic N) is 2. The number of nitrogens with one attached hydrogen (secondary N) is 1. The number of halogens is 3. The number of rotatable bonds is 7. The predicted octanol–water partition coefficient (Wildman–Crippen LogP) is 5.15. The number of hydrogen-bond acceptors (Lipinski definition) is 6. The highest BCUT2D eigenvalue weighted by Crippen LogP contribution is 2.36. The predicted molar refractivity (Wildman–Crippen MR) is 117 cm³/mol. The molecule has 0 saturated carbocycles. The van der Waals surface area contributed by atoms with Gasteiger partial charge in [-0.2, -0.15) is 13.2 Å². The third-order valence-corrected chi connectivity index (χ3v) is 5.44. The Hall–Kier alpha value is -3.79. The number of fused-ring (bicyclic) bond motifs is 1. The van der Waals surface area contributed by atoms with Crippen LogP contribution in [0.4, 0.5) is 18.9 Å². The van der Waals surface area contributed by atoms with Crippen LogP contribution in [-0.4, -0.2) is 28.3 Å². The van der Waals surface area contributed by atoms with Crippen LogP contribution < -0.4 is 10.1 Å². The van der Waals surface area contributed by atoms with E-state index in [4.69, 9.17) is 4.74 Å². The van der Waals surface area contributed by atoms with E-state index >= 15 is 0 Å². The van der Waals surface area contributed by atoms with Crippen molar-refractivity contribution < 1.29 is 27.5 Å². The molecule has 0 spiro atoms. The summed E-state index contributed by atoms with van der Waals surface area (Å²) >= 11 is 1.23.